The Labute approximate surface area is 167 Å². The summed E-state index contributed by atoms with van der Waals surface area (Å²) in [6, 6.07) is 38.2. The van der Waals surface area contributed by atoms with Crippen LogP contribution in [0.2, 0.25) is 0 Å². The number of hydrogen-bond acceptors (Lipinski definition) is 0. The van der Waals surface area contributed by atoms with Crippen LogP contribution in [0.1, 0.15) is 11.1 Å². The Balaban J connectivity index is 1.38. The highest BCUT2D eigenvalue weighted by atomic mass is 14.0. The molecule has 4 aromatic carbocycles. The molecule has 0 unspecified atom stereocenters. The van der Waals surface area contributed by atoms with Gasteiger partial charge in [0.2, 0.25) is 0 Å². The third-order valence-corrected chi connectivity index (χ3v) is 4.72. The van der Waals surface area contributed by atoms with Crippen molar-refractivity contribution in [3.05, 3.63) is 132 Å². The van der Waals surface area contributed by atoms with Crippen molar-refractivity contribution >= 4 is 12.2 Å². The van der Waals surface area contributed by atoms with Crippen LogP contribution in [0.4, 0.5) is 0 Å². The summed E-state index contributed by atoms with van der Waals surface area (Å²) in [6.45, 7) is 0. The lowest BCUT2D eigenvalue weighted by Crippen LogP contribution is -1.78. The normalized spacial score (nSPS) is 11.3. The highest BCUT2D eigenvalue weighted by Gasteiger charge is 1.96. The summed E-state index contributed by atoms with van der Waals surface area (Å²) in [4.78, 5) is 0. The van der Waals surface area contributed by atoms with E-state index in [1.807, 2.05) is 12.1 Å². The predicted octanol–water partition coefficient (Wildman–Crippen LogP) is 7.75. The minimum atomic E-state index is 1.20. The Bertz CT molecular complexity index is 961. The first-order valence-corrected chi connectivity index (χ1v) is 9.54. The van der Waals surface area contributed by atoms with Crippen molar-refractivity contribution in [3.63, 3.8) is 0 Å². The molecule has 0 radical (unpaired) electrons. The van der Waals surface area contributed by atoms with Crippen LogP contribution in [0.15, 0.2) is 121 Å². The van der Waals surface area contributed by atoms with Gasteiger partial charge in [-0.1, -0.05) is 133 Å². The van der Waals surface area contributed by atoms with E-state index in [0.717, 1.165) is 0 Å². The Kier molecular flexibility index (Phi) is 5.60. The maximum Gasteiger partial charge on any atom is -0.0184 e. The molecule has 0 atom stereocenters. The van der Waals surface area contributed by atoms with Crippen molar-refractivity contribution in [3.8, 4) is 22.3 Å². The molecule has 0 fully saturated rings. The lowest BCUT2D eigenvalue weighted by atomic mass is 10.0. The van der Waals surface area contributed by atoms with Gasteiger partial charge in [0.05, 0.1) is 0 Å². The second kappa shape index (κ2) is 8.83. The van der Waals surface area contributed by atoms with E-state index in [1.165, 1.54) is 33.4 Å². The summed E-state index contributed by atoms with van der Waals surface area (Å²) in [6.07, 6.45) is 8.43. The van der Waals surface area contributed by atoms with E-state index in [-0.39, 0.29) is 0 Å². The second-order valence-electron chi connectivity index (χ2n) is 6.69. The topological polar surface area (TPSA) is 0 Å². The summed E-state index contributed by atoms with van der Waals surface area (Å²) in [5.41, 5.74) is 7.37. The monoisotopic (exact) mass is 358 g/mol. The lowest BCUT2D eigenvalue weighted by molar-refractivity contribution is 1.60. The van der Waals surface area contributed by atoms with Crippen LogP contribution in [-0.4, -0.2) is 0 Å². The van der Waals surface area contributed by atoms with Crippen molar-refractivity contribution in [1.29, 1.82) is 0 Å². The summed E-state index contributed by atoms with van der Waals surface area (Å²) in [5, 5.41) is 0. The minimum absolute atomic E-state index is 1.20. The molecule has 0 heteroatoms. The Morgan fingerprint density at radius 1 is 0.321 bits per heavy atom. The number of hydrogen-bond donors (Lipinski definition) is 0. The molecule has 0 saturated heterocycles. The quantitative estimate of drug-likeness (QED) is 0.320. The van der Waals surface area contributed by atoms with Crippen molar-refractivity contribution in [2.45, 2.75) is 0 Å². The zero-order valence-electron chi connectivity index (χ0n) is 15.7. The molecule has 0 aliphatic rings. The SMILES string of the molecule is C(=Cc1ccc(-c2ccccc2)cc1)/C=C/c1ccc(-c2ccccc2)cc1. The van der Waals surface area contributed by atoms with Crippen LogP contribution >= 0.6 is 0 Å². The molecule has 0 spiro atoms. The lowest BCUT2D eigenvalue weighted by Gasteiger charge is -2.02. The van der Waals surface area contributed by atoms with Crippen molar-refractivity contribution in [2.75, 3.05) is 0 Å². The third-order valence-electron chi connectivity index (χ3n) is 4.72. The first kappa shape index (κ1) is 17.8. The fraction of sp³-hybridized carbons (Fsp3) is 0. The number of allylic oxidation sites excluding steroid dienone is 2. The van der Waals surface area contributed by atoms with Gasteiger partial charge in [-0.05, 0) is 33.4 Å². The minimum Gasteiger partial charge on any atom is -0.0622 e. The van der Waals surface area contributed by atoms with Crippen LogP contribution in [0.5, 0.6) is 0 Å². The molecular weight excluding hydrogens is 336 g/mol. The molecule has 28 heavy (non-hydrogen) atoms. The molecule has 0 aromatic heterocycles. The highest BCUT2D eigenvalue weighted by Crippen LogP contribution is 2.21. The number of benzene rings is 4. The van der Waals surface area contributed by atoms with Gasteiger partial charge in [0.15, 0.2) is 0 Å². The first-order chi connectivity index (χ1) is 13.9. The molecule has 4 rings (SSSR count). The van der Waals surface area contributed by atoms with Crippen molar-refractivity contribution in [2.24, 2.45) is 0 Å². The maximum atomic E-state index is 2.17. The Morgan fingerprint density at radius 3 is 1.00 bits per heavy atom. The smallest absolute Gasteiger partial charge is 0.0184 e. The first-order valence-electron chi connectivity index (χ1n) is 9.54. The fourth-order valence-corrected chi connectivity index (χ4v) is 3.17. The predicted molar refractivity (Wildman–Crippen MR) is 122 cm³/mol. The summed E-state index contributed by atoms with van der Waals surface area (Å²) in [5.74, 6) is 0. The summed E-state index contributed by atoms with van der Waals surface area (Å²) >= 11 is 0. The molecule has 0 amide bonds. The molecule has 0 heterocycles. The van der Waals surface area contributed by atoms with E-state index in [2.05, 4.69) is 121 Å². The average Bonchev–Trinajstić information content (AvgIpc) is 2.79. The standard InChI is InChI=1S/C28H22/c1-3-11-25(12-4-1)27-19-15-23(16-20-27)9-7-8-10-24-17-21-28(22-18-24)26-13-5-2-6-14-26/h1-22H/b9-7+,10-8?. The van der Waals surface area contributed by atoms with Crippen LogP contribution in [-0.2, 0) is 0 Å². The highest BCUT2D eigenvalue weighted by molar-refractivity contribution is 5.67. The largest absolute Gasteiger partial charge is 0.0622 e. The van der Waals surface area contributed by atoms with Crippen LogP contribution in [0.3, 0.4) is 0 Å². The number of rotatable bonds is 5. The van der Waals surface area contributed by atoms with Crippen LogP contribution in [0, 0.1) is 0 Å². The summed E-state index contributed by atoms with van der Waals surface area (Å²) in [7, 11) is 0. The van der Waals surface area contributed by atoms with E-state index < -0.39 is 0 Å². The molecule has 0 aliphatic carbocycles. The van der Waals surface area contributed by atoms with E-state index in [0.29, 0.717) is 0 Å². The van der Waals surface area contributed by atoms with E-state index >= 15 is 0 Å². The summed E-state index contributed by atoms with van der Waals surface area (Å²) < 4.78 is 0. The molecule has 0 bridgehead atoms. The van der Waals surface area contributed by atoms with Crippen molar-refractivity contribution in [1.82, 2.24) is 0 Å². The van der Waals surface area contributed by atoms with E-state index in [1.54, 1.807) is 0 Å². The van der Waals surface area contributed by atoms with Gasteiger partial charge in [0.1, 0.15) is 0 Å². The van der Waals surface area contributed by atoms with Gasteiger partial charge in [-0.3, -0.25) is 0 Å². The molecule has 4 aromatic rings. The van der Waals surface area contributed by atoms with Gasteiger partial charge >= 0.3 is 0 Å². The van der Waals surface area contributed by atoms with Gasteiger partial charge in [0, 0.05) is 0 Å². The van der Waals surface area contributed by atoms with Crippen molar-refractivity contribution < 1.29 is 0 Å². The van der Waals surface area contributed by atoms with E-state index in [9.17, 15) is 0 Å². The van der Waals surface area contributed by atoms with Gasteiger partial charge in [-0.15, -0.1) is 0 Å². The zero-order chi connectivity index (χ0) is 19.0. The fourth-order valence-electron chi connectivity index (χ4n) is 3.17. The molecule has 0 nitrogen and oxygen atoms in total. The van der Waals surface area contributed by atoms with Gasteiger partial charge < -0.3 is 0 Å². The zero-order valence-corrected chi connectivity index (χ0v) is 15.7. The molecule has 0 saturated carbocycles. The van der Waals surface area contributed by atoms with E-state index in [4.69, 9.17) is 0 Å². The Hall–Kier alpha value is -3.64. The van der Waals surface area contributed by atoms with Gasteiger partial charge in [-0.2, -0.15) is 0 Å². The third kappa shape index (κ3) is 4.55. The molecule has 0 aliphatic heterocycles. The Morgan fingerprint density at radius 2 is 0.643 bits per heavy atom. The maximum absolute atomic E-state index is 2.17. The second-order valence-corrected chi connectivity index (χ2v) is 6.69. The molecule has 134 valence electrons. The van der Waals surface area contributed by atoms with Gasteiger partial charge in [-0.25, -0.2) is 0 Å². The molecule has 0 N–H and O–H groups in total. The molecular formula is C28H22. The van der Waals surface area contributed by atoms with Crippen LogP contribution in [0.25, 0.3) is 34.4 Å². The average molecular weight is 358 g/mol. The van der Waals surface area contributed by atoms with Crippen LogP contribution < -0.4 is 0 Å². The van der Waals surface area contributed by atoms with Gasteiger partial charge in [0.25, 0.3) is 0 Å².